The molecule has 0 aliphatic heterocycles. The Labute approximate surface area is 105 Å². The van der Waals surface area contributed by atoms with E-state index in [1.165, 1.54) is 0 Å². The van der Waals surface area contributed by atoms with Gasteiger partial charge in [0, 0.05) is 28.7 Å². The largest absolute Gasteiger partial charge is 0.496 e. The third kappa shape index (κ3) is 3.77. The van der Waals surface area contributed by atoms with Gasteiger partial charge in [-0.3, -0.25) is 0 Å². The van der Waals surface area contributed by atoms with E-state index in [4.69, 9.17) is 10.5 Å². The zero-order chi connectivity index (χ0) is 12.1. The highest BCUT2D eigenvalue weighted by Crippen LogP contribution is 2.27. The van der Waals surface area contributed by atoms with Gasteiger partial charge in [0.2, 0.25) is 0 Å². The zero-order valence-corrected chi connectivity index (χ0v) is 11.5. The first kappa shape index (κ1) is 13.5. The van der Waals surface area contributed by atoms with Gasteiger partial charge in [-0.05, 0) is 18.2 Å². The molecule has 3 N–H and O–H groups in total. The summed E-state index contributed by atoms with van der Waals surface area (Å²) in [5, 5.41) is 3.32. The number of benzene rings is 1. The SMILES string of the molecule is COc1ccc(Br)cc1C(N)CNC(C)C. The fraction of sp³-hybridized carbons (Fsp3) is 0.500. The predicted octanol–water partition coefficient (Wildman–Crippen LogP) is 2.46. The molecule has 4 heteroatoms. The smallest absolute Gasteiger partial charge is 0.123 e. The van der Waals surface area contributed by atoms with Gasteiger partial charge < -0.3 is 15.8 Å². The van der Waals surface area contributed by atoms with Gasteiger partial charge in [-0.15, -0.1) is 0 Å². The Hall–Kier alpha value is -0.580. The highest BCUT2D eigenvalue weighted by atomic mass is 79.9. The molecule has 1 rings (SSSR count). The molecule has 0 aromatic heterocycles. The second-order valence-electron chi connectivity index (χ2n) is 4.06. The fourth-order valence-electron chi connectivity index (χ4n) is 1.47. The molecule has 0 aliphatic carbocycles. The van der Waals surface area contributed by atoms with Crippen molar-refractivity contribution in [2.24, 2.45) is 5.73 Å². The molecule has 0 heterocycles. The molecule has 1 atom stereocenters. The standard InChI is InChI=1S/C12H19BrN2O/c1-8(2)15-7-11(14)10-6-9(13)4-5-12(10)16-3/h4-6,8,11,15H,7,14H2,1-3H3. The van der Waals surface area contributed by atoms with E-state index in [2.05, 4.69) is 35.1 Å². The lowest BCUT2D eigenvalue weighted by molar-refractivity contribution is 0.403. The van der Waals surface area contributed by atoms with Gasteiger partial charge in [-0.2, -0.15) is 0 Å². The molecular formula is C12H19BrN2O. The number of halogens is 1. The Morgan fingerprint density at radius 1 is 1.44 bits per heavy atom. The summed E-state index contributed by atoms with van der Waals surface area (Å²) in [5.74, 6) is 0.834. The molecule has 0 bridgehead atoms. The highest BCUT2D eigenvalue weighted by molar-refractivity contribution is 9.10. The Morgan fingerprint density at radius 3 is 2.69 bits per heavy atom. The number of ether oxygens (including phenoxy) is 1. The first-order valence-electron chi connectivity index (χ1n) is 5.37. The summed E-state index contributed by atoms with van der Waals surface area (Å²) in [5.41, 5.74) is 7.14. The number of methoxy groups -OCH3 is 1. The van der Waals surface area contributed by atoms with Gasteiger partial charge in [0.25, 0.3) is 0 Å². The molecule has 0 aliphatic rings. The summed E-state index contributed by atoms with van der Waals surface area (Å²) in [6, 6.07) is 6.25. The molecule has 0 radical (unpaired) electrons. The third-order valence-corrected chi connectivity index (χ3v) is 2.83. The molecule has 90 valence electrons. The summed E-state index contributed by atoms with van der Waals surface area (Å²) in [6.07, 6.45) is 0. The number of rotatable bonds is 5. The molecule has 1 aromatic carbocycles. The third-order valence-electron chi connectivity index (χ3n) is 2.34. The van der Waals surface area contributed by atoms with E-state index in [1.807, 2.05) is 18.2 Å². The van der Waals surface area contributed by atoms with Crippen molar-refractivity contribution in [1.82, 2.24) is 5.32 Å². The molecular weight excluding hydrogens is 268 g/mol. The van der Waals surface area contributed by atoms with Crippen molar-refractivity contribution in [3.63, 3.8) is 0 Å². The van der Waals surface area contributed by atoms with Gasteiger partial charge in [0.15, 0.2) is 0 Å². The highest BCUT2D eigenvalue weighted by Gasteiger charge is 2.12. The maximum Gasteiger partial charge on any atom is 0.123 e. The van der Waals surface area contributed by atoms with Crippen molar-refractivity contribution < 1.29 is 4.74 Å². The minimum atomic E-state index is -0.0603. The van der Waals surface area contributed by atoms with Crippen LogP contribution in [0.15, 0.2) is 22.7 Å². The first-order chi connectivity index (χ1) is 7.54. The molecule has 1 aromatic rings. The van der Waals surface area contributed by atoms with Crippen LogP contribution in [0.3, 0.4) is 0 Å². The number of hydrogen-bond acceptors (Lipinski definition) is 3. The maximum absolute atomic E-state index is 6.13. The zero-order valence-electron chi connectivity index (χ0n) is 9.96. The molecule has 0 spiro atoms. The normalized spacial score (nSPS) is 12.9. The van der Waals surface area contributed by atoms with Crippen LogP contribution in [0.1, 0.15) is 25.5 Å². The van der Waals surface area contributed by atoms with Crippen LogP contribution in [0.4, 0.5) is 0 Å². The second-order valence-corrected chi connectivity index (χ2v) is 4.97. The summed E-state index contributed by atoms with van der Waals surface area (Å²) < 4.78 is 6.32. The van der Waals surface area contributed by atoms with Gasteiger partial charge in [0.1, 0.15) is 5.75 Å². The van der Waals surface area contributed by atoms with Gasteiger partial charge >= 0.3 is 0 Å². The lowest BCUT2D eigenvalue weighted by Gasteiger charge is -2.18. The Kier molecular flexibility index (Phi) is 5.25. The molecule has 0 amide bonds. The van der Waals surface area contributed by atoms with E-state index >= 15 is 0 Å². The maximum atomic E-state index is 6.13. The predicted molar refractivity (Wildman–Crippen MR) is 70.8 cm³/mol. The molecule has 16 heavy (non-hydrogen) atoms. The summed E-state index contributed by atoms with van der Waals surface area (Å²) >= 11 is 3.44. The topological polar surface area (TPSA) is 47.3 Å². The monoisotopic (exact) mass is 286 g/mol. The van der Waals surface area contributed by atoms with Crippen LogP contribution in [0.2, 0.25) is 0 Å². The van der Waals surface area contributed by atoms with Crippen LogP contribution in [0, 0.1) is 0 Å². The molecule has 3 nitrogen and oxygen atoms in total. The summed E-state index contributed by atoms with van der Waals surface area (Å²) in [4.78, 5) is 0. The van der Waals surface area contributed by atoms with Crippen molar-refractivity contribution in [3.05, 3.63) is 28.2 Å². The van der Waals surface area contributed by atoms with Crippen molar-refractivity contribution in [2.75, 3.05) is 13.7 Å². The number of hydrogen-bond donors (Lipinski definition) is 2. The minimum Gasteiger partial charge on any atom is -0.496 e. The lowest BCUT2D eigenvalue weighted by atomic mass is 10.1. The van der Waals surface area contributed by atoms with Gasteiger partial charge in [-0.1, -0.05) is 29.8 Å². The average Bonchev–Trinajstić information content (AvgIpc) is 2.25. The van der Waals surface area contributed by atoms with E-state index in [0.717, 1.165) is 22.3 Å². The van der Waals surface area contributed by atoms with Crippen LogP contribution in [0.5, 0.6) is 5.75 Å². The van der Waals surface area contributed by atoms with Crippen molar-refractivity contribution >= 4 is 15.9 Å². The number of nitrogens with two attached hydrogens (primary N) is 1. The molecule has 0 saturated carbocycles. The van der Waals surface area contributed by atoms with Crippen LogP contribution in [0.25, 0.3) is 0 Å². The van der Waals surface area contributed by atoms with Crippen molar-refractivity contribution in [1.29, 1.82) is 0 Å². The Balaban J connectivity index is 2.80. The number of nitrogens with one attached hydrogen (secondary N) is 1. The van der Waals surface area contributed by atoms with Gasteiger partial charge in [-0.25, -0.2) is 0 Å². The van der Waals surface area contributed by atoms with Crippen LogP contribution in [-0.4, -0.2) is 19.7 Å². The van der Waals surface area contributed by atoms with Gasteiger partial charge in [0.05, 0.1) is 7.11 Å². The van der Waals surface area contributed by atoms with E-state index in [9.17, 15) is 0 Å². The summed E-state index contributed by atoms with van der Waals surface area (Å²) in [7, 11) is 1.66. The van der Waals surface area contributed by atoms with E-state index in [0.29, 0.717) is 6.04 Å². The second kappa shape index (κ2) is 6.23. The Morgan fingerprint density at radius 2 is 2.12 bits per heavy atom. The quantitative estimate of drug-likeness (QED) is 0.874. The van der Waals surface area contributed by atoms with Crippen LogP contribution >= 0.6 is 15.9 Å². The molecule has 0 saturated heterocycles. The van der Waals surface area contributed by atoms with Crippen LogP contribution in [-0.2, 0) is 0 Å². The molecule has 1 unspecified atom stereocenters. The fourth-order valence-corrected chi connectivity index (χ4v) is 1.85. The van der Waals surface area contributed by atoms with Crippen molar-refractivity contribution in [3.8, 4) is 5.75 Å². The summed E-state index contributed by atoms with van der Waals surface area (Å²) in [6.45, 7) is 4.94. The van der Waals surface area contributed by atoms with E-state index in [1.54, 1.807) is 7.11 Å². The first-order valence-corrected chi connectivity index (χ1v) is 6.16. The van der Waals surface area contributed by atoms with E-state index < -0.39 is 0 Å². The average molecular weight is 287 g/mol. The van der Waals surface area contributed by atoms with Crippen LogP contribution < -0.4 is 15.8 Å². The Bertz CT molecular complexity index is 342. The molecule has 0 fully saturated rings. The lowest BCUT2D eigenvalue weighted by Crippen LogP contribution is -2.31. The minimum absolute atomic E-state index is 0.0603. The van der Waals surface area contributed by atoms with E-state index in [-0.39, 0.29) is 6.04 Å². The van der Waals surface area contributed by atoms with Crippen molar-refractivity contribution in [2.45, 2.75) is 25.9 Å².